The standard InChI is InChI=1S/C15H14N2O/c1-12-5-4-6-14(9-12)18-11-13-10-16-15-7-2-3-8-17(13)15/h2-10H,11H2,1H3. The van der Waals surface area contributed by atoms with Crippen molar-refractivity contribution < 1.29 is 4.74 Å². The Hall–Kier alpha value is -2.29. The highest BCUT2D eigenvalue weighted by molar-refractivity contribution is 5.39. The van der Waals surface area contributed by atoms with Crippen LogP contribution in [0.3, 0.4) is 0 Å². The minimum atomic E-state index is 0.522. The van der Waals surface area contributed by atoms with Crippen molar-refractivity contribution in [3.05, 3.63) is 66.1 Å². The summed E-state index contributed by atoms with van der Waals surface area (Å²) in [6, 6.07) is 14.0. The summed E-state index contributed by atoms with van der Waals surface area (Å²) in [7, 11) is 0. The minimum absolute atomic E-state index is 0.522. The SMILES string of the molecule is Cc1cccc(OCc2cnc3ccccn23)c1. The summed E-state index contributed by atoms with van der Waals surface area (Å²) in [6.07, 6.45) is 3.85. The van der Waals surface area contributed by atoms with Crippen LogP contribution in [-0.4, -0.2) is 9.38 Å². The molecule has 0 radical (unpaired) electrons. The first kappa shape index (κ1) is 10.8. The number of hydrogen-bond donors (Lipinski definition) is 0. The Kier molecular flexibility index (Phi) is 2.73. The zero-order chi connectivity index (χ0) is 12.4. The van der Waals surface area contributed by atoms with E-state index in [1.807, 2.05) is 53.2 Å². The van der Waals surface area contributed by atoms with E-state index in [0.29, 0.717) is 6.61 Å². The molecule has 3 nitrogen and oxygen atoms in total. The molecule has 0 aliphatic heterocycles. The second-order valence-electron chi connectivity index (χ2n) is 4.28. The number of hydrogen-bond acceptors (Lipinski definition) is 2. The average molecular weight is 238 g/mol. The molecule has 0 atom stereocenters. The van der Waals surface area contributed by atoms with Crippen molar-refractivity contribution >= 4 is 5.65 Å². The number of nitrogens with zero attached hydrogens (tertiary/aromatic N) is 2. The van der Waals surface area contributed by atoms with Crippen molar-refractivity contribution in [1.82, 2.24) is 9.38 Å². The van der Waals surface area contributed by atoms with Crippen molar-refractivity contribution in [2.75, 3.05) is 0 Å². The van der Waals surface area contributed by atoms with Gasteiger partial charge in [0.15, 0.2) is 0 Å². The number of rotatable bonds is 3. The van der Waals surface area contributed by atoms with E-state index in [9.17, 15) is 0 Å². The van der Waals surface area contributed by atoms with Crippen molar-refractivity contribution in [2.24, 2.45) is 0 Å². The number of imidazole rings is 1. The lowest BCUT2D eigenvalue weighted by atomic mass is 10.2. The van der Waals surface area contributed by atoms with Crippen LogP contribution in [0.2, 0.25) is 0 Å². The molecule has 0 aliphatic carbocycles. The molecule has 18 heavy (non-hydrogen) atoms. The van der Waals surface area contributed by atoms with E-state index >= 15 is 0 Å². The summed E-state index contributed by atoms with van der Waals surface area (Å²) in [4.78, 5) is 4.33. The first-order chi connectivity index (χ1) is 8.83. The summed E-state index contributed by atoms with van der Waals surface area (Å²) in [5.41, 5.74) is 3.19. The van der Waals surface area contributed by atoms with E-state index in [2.05, 4.69) is 18.0 Å². The Balaban J connectivity index is 1.81. The van der Waals surface area contributed by atoms with E-state index in [4.69, 9.17) is 4.74 Å². The van der Waals surface area contributed by atoms with E-state index in [0.717, 1.165) is 17.1 Å². The smallest absolute Gasteiger partial charge is 0.136 e. The van der Waals surface area contributed by atoms with Gasteiger partial charge < -0.3 is 9.14 Å². The quantitative estimate of drug-likeness (QED) is 0.700. The van der Waals surface area contributed by atoms with E-state index in [-0.39, 0.29) is 0 Å². The van der Waals surface area contributed by atoms with Crippen LogP contribution >= 0.6 is 0 Å². The number of benzene rings is 1. The fourth-order valence-electron chi connectivity index (χ4n) is 1.95. The molecule has 2 aromatic heterocycles. The predicted molar refractivity (Wildman–Crippen MR) is 70.7 cm³/mol. The van der Waals surface area contributed by atoms with Crippen molar-refractivity contribution in [1.29, 1.82) is 0 Å². The number of fused-ring (bicyclic) bond motifs is 1. The van der Waals surface area contributed by atoms with Gasteiger partial charge in [-0.25, -0.2) is 4.98 Å². The third-order valence-corrected chi connectivity index (χ3v) is 2.87. The Labute approximate surface area is 106 Å². The van der Waals surface area contributed by atoms with Gasteiger partial charge in [-0.2, -0.15) is 0 Å². The summed E-state index contributed by atoms with van der Waals surface area (Å²) in [5.74, 6) is 0.890. The van der Waals surface area contributed by atoms with E-state index in [1.54, 1.807) is 0 Å². The number of aryl methyl sites for hydroxylation is 1. The van der Waals surface area contributed by atoms with Crippen molar-refractivity contribution in [3.8, 4) is 5.75 Å². The maximum Gasteiger partial charge on any atom is 0.136 e. The molecule has 90 valence electrons. The molecule has 0 spiro atoms. The molecule has 0 unspecified atom stereocenters. The number of aromatic nitrogens is 2. The molecule has 0 saturated carbocycles. The number of ether oxygens (including phenoxy) is 1. The van der Waals surface area contributed by atoms with Gasteiger partial charge in [-0.1, -0.05) is 18.2 Å². The van der Waals surface area contributed by atoms with Crippen LogP contribution in [0.25, 0.3) is 5.65 Å². The van der Waals surface area contributed by atoms with Gasteiger partial charge in [0.1, 0.15) is 18.0 Å². The maximum absolute atomic E-state index is 5.78. The van der Waals surface area contributed by atoms with E-state index in [1.165, 1.54) is 5.56 Å². The molecule has 0 saturated heterocycles. The molecule has 0 bridgehead atoms. The largest absolute Gasteiger partial charge is 0.487 e. The molecule has 1 aromatic carbocycles. The van der Waals surface area contributed by atoms with E-state index < -0.39 is 0 Å². The highest BCUT2D eigenvalue weighted by Gasteiger charge is 2.03. The van der Waals surface area contributed by atoms with Gasteiger partial charge in [0, 0.05) is 6.20 Å². The summed E-state index contributed by atoms with van der Waals surface area (Å²) < 4.78 is 7.82. The zero-order valence-corrected chi connectivity index (χ0v) is 10.2. The fraction of sp³-hybridized carbons (Fsp3) is 0.133. The Morgan fingerprint density at radius 3 is 3.00 bits per heavy atom. The van der Waals surface area contributed by atoms with Crippen LogP contribution < -0.4 is 4.74 Å². The highest BCUT2D eigenvalue weighted by atomic mass is 16.5. The second kappa shape index (κ2) is 4.53. The highest BCUT2D eigenvalue weighted by Crippen LogP contribution is 2.15. The lowest BCUT2D eigenvalue weighted by Gasteiger charge is -2.06. The number of pyridine rings is 1. The monoisotopic (exact) mass is 238 g/mol. The normalized spacial score (nSPS) is 10.7. The summed E-state index contributed by atoms with van der Waals surface area (Å²) >= 11 is 0. The Morgan fingerprint density at radius 1 is 1.17 bits per heavy atom. The lowest BCUT2D eigenvalue weighted by molar-refractivity contribution is 0.300. The first-order valence-corrected chi connectivity index (χ1v) is 5.93. The molecule has 3 heteroatoms. The Morgan fingerprint density at radius 2 is 2.11 bits per heavy atom. The van der Waals surface area contributed by atoms with Crippen LogP contribution in [0.1, 0.15) is 11.3 Å². The van der Waals surface area contributed by atoms with Crippen molar-refractivity contribution in [2.45, 2.75) is 13.5 Å². The third kappa shape index (κ3) is 2.07. The molecular weight excluding hydrogens is 224 g/mol. The molecule has 0 N–H and O–H groups in total. The summed E-state index contributed by atoms with van der Waals surface area (Å²) in [5, 5.41) is 0. The molecule has 3 rings (SSSR count). The van der Waals surface area contributed by atoms with Gasteiger partial charge in [-0.3, -0.25) is 0 Å². The van der Waals surface area contributed by atoms with Gasteiger partial charge >= 0.3 is 0 Å². The zero-order valence-electron chi connectivity index (χ0n) is 10.2. The fourth-order valence-corrected chi connectivity index (χ4v) is 1.95. The lowest BCUT2D eigenvalue weighted by Crippen LogP contribution is -1.99. The van der Waals surface area contributed by atoms with Gasteiger partial charge in [-0.15, -0.1) is 0 Å². The van der Waals surface area contributed by atoms with Gasteiger partial charge in [-0.05, 0) is 36.8 Å². The van der Waals surface area contributed by atoms with Crippen LogP contribution in [0.15, 0.2) is 54.9 Å². The van der Waals surface area contributed by atoms with Crippen molar-refractivity contribution in [3.63, 3.8) is 0 Å². The predicted octanol–water partition coefficient (Wildman–Crippen LogP) is 3.22. The minimum Gasteiger partial charge on any atom is -0.487 e. The molecule has 0 fully saturated rings. The molecule has 0 aliphatic rings. The maximum atomic E-state index is 5.78. The molecular formula is C15H14N2O. The van der Waals surface area contributed by atoms with Crippen LogP contribution in [0, 0.1) is 6.92 Å². The molecule has 3 aromatic rings. The first-order valence-electron chi connectivity index (χ1n) is 5.93. The van der Waals surface area contributed by atoms with Gasteiger partial charge in [0.2, 0.25) is 0 Å². The van der Waals surface area contributed by atoms with Gasteiger partial charge in [0.05, 0.1) is 11.9 Å². The third-order valence-electron chi connectivity index (χ3n) is 2.87. The molecule has 2 heterocycles. The van der Waals surface area contributed by atoms with Crippen LogP contribution in [-0.2, 0) is 6.61 Å². The summed E-state index contributed by atoms with van der Waals surface area (Å²) in [6.45, 7) is 2.58. The average Bonchev–Trinajstić information content (AvgIpc) is 2.80. The second-order valence-corrected chi connectivity index (χ2v) is 4.28. The Bertz CT molecular complexity index is 673. The van der Waals surface area contributed by atoms with Gasteiger partial charge in [0.25, 0.3) is 0 Å². The molecule has 0 amide bonds. The van der Waals surface area contributed by atoms with Crippen LogP contribution in [0.5, 0.6) is 5.75 Å². The van der Waals surface area contributed by atoms with Crippen LogP contribution in [0.4, 0.5) is 0 Å². The topological polar surface area (TPSA) is 26.5 Å².